The van der Waals surface area contributed by atoms with Gasteiger partial charge in [-0.2, -0.15) is 5.26 Å². The van der Waals surface area contributed by atoms with Gasteiger partial charge in [0.15, 0.2) is 0 Å². The molecule has 0 unspecified atom stereocenters. The first kappa shape index (κ1) is 12.4. The lowest BCUT2D eigenvalue weighted by molar-refractivity contribution is -0.117. The zero-order valence-corrected chi connectivity index (χ0v) is 11.0. The summed E-state index contributed by atoms with van der Waals surface area (Å²) < 4.78 is 0. The highest BCUT2D eigenvalue weighted by Gasteiger charge is 2.23. The second-order valence-electron chi connectivity index (χ2n) is 4.91. The number of anilines is 1. The smallest absolute Gasteiger partial charge is 0.231 e. The lowest BCUT2D eigenvalue weighted by atomic mass is 10.1. The molecule has 0 bridgehead atoms. The minimum atomic E-state index is 0.111. The van der Waals surface area contributed by atoms with Crippen LogP contribution in [0.25, 0.3) is 0 Å². The van der Waals surface area contributed by atoms with Crippen LogP contribution in [0, 0.1) is 11.3 Å². The minimum absolute atomic E-state index is 0.111. The van der Waals surface area contributed by atoms with Crippen LogP contribution in [0.15, 0.2) is 48.5 Å². The van der Waals surface area contributed by atoms with Gasteiger partial charge in [0.25, 0.3) is 0 Å². The van der Waals surface area contributed by atoms with Gasteiger partial charge in [0.2, 0.25) is 5.91 Å². The van der Waals surface area contributed by atoms with E-state index in [1.807, 2.05) is 35.2 Å². The van der Waals surface area contributed by atoms with Crippen molar-refractivity contribution in [2.45, 2.75) is 12.8 Å². The van der Waals surface area contributed by atoms with Gasteiger partial charge in [0, 0.05) is 12.2 Å². The van der Waals surface area contributed by atoms with E-state index in [-0.39, 0.29) is 5.91 Å². The molecule has 98 valence electrons. The van der Waals surface area contributed by atoms with Crippen LogP contribution in [0.1, 0.15) is 16.7 Å². The summed E-state index contributed by atoms with van der Waals surface area (Å²) in [5, 5.41) is 8.77. The number of amides is 1. The van der Waals surface area contributed by atoms with Crippen LogP contribution in [-0.4, -0.2) is 12.5 Å². The third-order valence-corrected chi connectivity index (χ3v) is 3.63. The standard InChI is InChI=1S/C17H14N2O/c18-12-14-7-5-13(6-8-14)11-17(20)19-10-9-15-3-1-2-4-16(15)19/h1-8H,9-11H2. The molecule has 0 aromatic heterocycles. The van der Waals surface area contributed by atoms with Crippen molar-refractivity contribution < 1.29 is 4.79 Å². The summed E-state index contributed by atoms with van der Waals surface area (Å²) >= 11 is 0. The minimum Gasteiger partial charge on any atom is -0.312 e. The molecule has 2 aromatic rings. The molecule has 0 spiro atoms. The first-order valence-corrected chi connectivity index (χ1v) is 6.65. The molecular formula is C17H14N2O. The summed E-state index contributed by atoms with van der Waals surface area (Å²) in [7, 11) is 0. The molecule has 0 radical (unpaired) electrons. The molecule has 3 nitrogen and oxygen atoms in total. The predicted molar refractivity (Wildman–Crippen MR) is 77.4 cm³/mol. The SMILES string of the molecule is N#Cc1ccc(CC(=O)N2CCc3ccccc32)cc1. The summed E-state index contributed by atoms with van der Waals surface area (Å²) in [6.07, 6.45) is 1.30. The molecule has 1 amide bonds. The van der Waals surface area contributed by atoms with Crippen molar-refractivity contribution in [3.05, 3.63) is 65.2 Å². The van der Waals surface area contributed by atoms with Gasteiger partial charge in [0.05, 0.1) is 18.1 Å². The van der Waals surface area contributed by atoms with Crippen LogP contribution in [0.3, 0.4) is 0 Å². The Labute approximate surface area is 118 Å². The molecule has 1 aliphatic heterocycles. The van der Waals surface area contributed by atoms with Crippen LogP contribution in [0.5, 0.6) is 0 Å². The Balaban J connectivity index is 1.76. The van der Waals surface area contributed by atoms with Crippen LogP contribution in [-0.2, 0) is 17.6 Å². The maximum absolute atomic E-state index is 12.4. The van der Waals surface area contributed by atoms with Gasteiger partial charge in [-0.1, -0.05) is 30.3 Å². The maximum Gasteiger partial charge on any atom is 0.231 e. The number of rotatable bonds is 2. The van der Waals surface area contributed by atoms with Crippen LogP contribution >= 0.6 is 0 Å². The molecule has 0 saturated carbocycles. The lowest BCUT2D eigenvalue weighted by Crippen LogP contribution is -2.30. The zero-order chi connectivity index (χ0) is 13.9. The van der Waals surface area contributed by atoms with E-state index in [1.54, 1.807) is 12.1 Å². The topological polar surface area (TPSA) is 44.1 Å². The first-order chi connectivity index (χ1) is 9.78. The second kappa shape index (κ2) is 5.18. The molecule has 0 fully saturated rings. The third-order valence-electron chi connectivity index (χ3n) is 3.63. The van der Waals surface area contributed by atoms with Crippen molar-refractivity contribution in [3.8, 4) is 6.07 Å². The Hall–Kier alpha value is -2.60. The van der Waals surface area contributed by atoms with E-state index >= 15 is 0 Å². The average Bonchev–Trinajstić information content (AvgIpc) is 2.92. The molecule has 0 N–H and O–H groups in total. The number of carbonyl (C=O) groups is 1. The molecule has 0 saturated heterocycles. The summed E-state index contributed by atoms with van der Waals surface area (Å²) in [5.41, 5.74) is 3.83. The molecular weight excluding hydrogens is 248 g/mol. The Morgan fingerprint density at radius 3 is 2.65 bits per heavy atom. The summed E-state index contributed by atoms with van der Waals surface area (Å²) in [4.78, 5) is 14.2. The van der Waals surface area contributed by atoms with Crippen LogP contribution in [0.2, 0.25) is 0 Å². The number of nitriles is 1. The van der Waals surface area contributed by atoms with E-state index in [2.05, 4.69) is 12.1 Å². The number of para-hydroxylation sites is 1. The fraction of sp³-hybridized carbons (Fsp3) is 0.176. The monoisotopic (exact) mass is 262 g/mol. The average molecular weight is 262 g/mol. The molecule has 20 heavy (non-hydrogen) atoms. The summed E-state index contributed by atoms with van der Waals surface area (Å²) in [6.45, 7) is 0.758. The van der Waals surface area contributed by atoms with Gasteiger partial charge < -0.3 is 4.90 Å². The van der Waals surface area contributed by atoms with Crippen molar-refractivity contribution in [2.24, 2.45) is 0 Å². The van der Waals surface area contributed by atoms with E-state index in [4.69, 9.17) is 5.26 Å². The predicted octanol–water partition coefficient (Wildman–Crippen LogP) is 2.69. The number of hydrogen-bond acceptors (Lipinski definition) is 2. The summed E-state index contributed by atoms with van der Waals surface area (Å²) in [5.74, 6) is 0.111. The van der Waals surface area contributed by atoms with Gasteiger partial charge in [-0.05, 0) is 35.7 Å². The number of nitrogens with zero attached hydrogens (tertiary/aromatic N) is 2. The quantitative estimate of drug-likeness (QED) is 0.835. The van der Waals surface area contributed by atoms with E-state index in [0.717, 1.165) is 24.2 Å². The molecule has 1 aliphatic rings. The molecule has 0 atom stereocenters. The van der Waals surface area contributed by atoms with Gasteiger partial charge in [-0.25, -0.2) is 0 Å². The van der Waals surface area contributed by atoms with Gasteiger partial charge >= 0.3 is 0 Å². The van der Waals surface area contributed by atoms with E-state index in [9.17, 15) is 4.79 Å². The second-order valence-corrected chi connectivity index (χ2v) is 4.91. The van der Waals surface area contributed by atoms with Crippen molar-refractivity contribution in [3.63, 3.8) is 0 Å². The van der Waals surface area contributed by atoms with Crippen molar-refractivity contribution in [2.75, 3.05) is 11.4 Å². The first-order valence-electron chi connectivity index (χ1n) is 6.65. The molecule has 1 heterocycles. The zero-order valence-electron chi connectivity index (χ0n) is 11.0. The Morgan fingerprint density at radius 2 is 1.90 bits per heavy atom. The van der Waals surface area contributed by atoms with Crippen LogP contribution < -0.4 is 4.90 Å². The number of benzene rings is 2. The normalized spacial score (nSPS) is 12.8. The highest BCUT2D eigenvalue weighted by Crippen LogP contribution is 2.27. The molecule has 2 aromatic carbocycles. The van der Waals surface area contributed by atoms with Crippen molar-refractivity contribution >= 4 is 11.6 Å². The van der Waals surface area contributed by atoms with Crippen LogP contribution in [0.4, 0.5) is 5.69 Å². The fourth-order valence-corrected chi connectivity index (χ4v) is 2.56. The number of carbonyl (C=O) groups excluding carboxylic acids is 1. The largest absolute Gasteiger partial charge is 0.312 e. The summed E-state index contributed by atoms with van der Waals surface area (Å²) in [6, 6.07) is 17.3. The van der Waals surface area contributed by atoms with Gasteiger partial charge in [0.1, 0.15) is 0 Å². The van der Waals surface area contributed by atoms with Gasteiger partial charge in [-0.15, -0.1) is 0 Å². The fourth-order valence-electron chi connectivity index (χ4n) is 2.56. The number of hydrogen-bond donors (Lipinski definition) is 0. The highest BCUT2D eigenvalue weighted by atomic mass is 16.2. The molecule has 3 rings (SSSR count). The van der Waals surface area contributed by atoms with Crippen molar-refractivity contribution in [1.82, 2.24) is 0 Å². The highest BCUT2D eigenvalue weighted by molar-refractivity contribution is 5.96. The van der Waals surface area contributed by atoms with E-state index < -0.39 is 0 Å². The molecule has 0 aliphatic carbocycles. The van der Waals surface area contributed by atoms with E-state index in [0.29, 0.717) is 12.0 Å². The maximum atomic E-state index is 12.4. The van der Waals surface area contributed by atoms with Crippen molar-refractivity contribution in [1.29, 1.82) is 5.26 Å². The van der Waals surface area contributed by atoms with Gasteiger partial charge in [-0.3, -0.25) is 4.79 Å². The molecule has 3 heteroatoms. The Kier molecular flexibility index (Phi) is 3.22. The number of fused-ring (bicyclic) bond motifs is 1. The Bertz CT molecular complexity index is 683. The van der Waals surface area contributed by atoms with E-state index in [1.165, 1.54) is 5.56 Å². The lowest BCUT2D eigenvalue weighted by Gasteiger charge is -2.17. The third kappa shape index (κ3) is 2.28. The Morgan fingerprint density at radius 1 is 1.15 bits per heavy atom.